The predicted molar refractivity (Wildman–Crippen MR) is 140 cm³/mol. The van der Waals surface area contributed by atoms with Gasteiger partial charge >= 0.3 is 12.1 Å². The van der Waals surface area contributed by atoms with Gasteiger partial charge in [-0.3, -0.25) is 14.6 Å². The first-order valence-electron chi connectivity index (χ1n) is 11.5. The fourth-order valence-electron chi connectivity index (χ4n) is 3.39. The topological polar surface area (TPSA) is 162 Å². The summed E-state index contributed by atoms with van der Waals surface area (Å²) in [7, 11) is 3.28. The van der Waals surface area contributed by atoms with Crippen LogP contribution in [0.1, 0.15) is 27.2 Å². The number of pyridine rings is 1. The van der Waals surface area contributed by atoms with Gasteiger partial charge in [-0.25, -0.2) is 4.79 Å². The number of hydrogen-bond donors (Lipinski definition) is 3. The summed E-state index contributed by atoms with van der Waals surface area (Å²) in [5, 5.41) is 22.7. The number of benzene rings is 2. The largest absolute Gasteiger partial charge is 0.490 e. The fraction of sp³-hybridized carbons (Fsp3) is 0.185. The van der Waals surface area contributed by atoms with Crippen molar-refractivity contribution < 1.29 is 32.7 Å². The number of alkyl halides is 3. The number of hydrazone groups is 1. The molecule has 208 valence electrons. The number of halogens is 3. The minimum Gasteiger partial charge on any atom is -0.475 e. The fourth-order valence-corrected chi connectivity index (χ4v) is 3.39. The normalized spacial score (nSPS) is 11.5. The van der Waals surface area contributed by atoms with Crippen LogP contribution in [-0.4, -0.2) is 65.3 Å². The summed E-state index contributed by atoms with van der Waals surface area (Å²) in [5.41, 5.74) is 3.96. The van der Waals surface area contributed by atoms with Crippen LogP contribution in [0.5, 0.6) is 0 Å². The Kier molecular flexibility index (Phi) is 10.9. The van der Waals surface area contributed by atoms with E-state index in [1.807, 2.05) is 12.1 Å². The molecule has 2 aromatic carbocycles. The number of nitrogens with two attached hydrogens (primary N) is 1. The maximum absolute atomic E-state index is 12.9. The Labute approximate surface area is 227 Å². The van der Waals surface area contributed by atoms with Gasteiger partial charge in [0.25, 0.3) is 5.91 Å². The number of aromatic nitrogens is 1. The summed E-state index contributed by atoms with van der Waals surface area (Å²) < 4.78 is 31.7. The molecule has 0 saturated heterocycles. The molecule has 13 heteroatoms. The van der Waals surface area contributed by atoms with Crippen molar-refractivity contribution in [2.45, 2.75) is 18.6 Å². The maximum atomic E-state index is 12.9. The van der Waals surface area contributed by atoms with Gasteiger partial charge in [0, 0.05) is 32.3 Å². The number of carbonyl (C=O) groups is 3. The van der Waals surface area contributed by atoms with E-state index in [0.29, 0.717) is 16.8 Å². The van der Waals surface area contributed by atoms with Crippen LogP contribution in [0.25, 0.3) is 11.1 Å². The van der Waals surface area contributed by atoms with Crippen LogP contribution < -0.4 is 11.2 Å². The number of carboxylic acid groups (broad SMARTS) is 1. The number of likely N-dealkylation sites (N-methyl/N-ethyl adjacent to an activating group) is 1. The van der Waals surface area contributed by atoms with Crippen molar-refractivity contribution in [1.29, 1.82) is 5.26 Å². The molecule has 1 heterocycles. The van der Waals surface area contributed by atoms with Crippen molar-refractivity contribution in [3.8, 4) is 17.2 Å². The summed E-state index contributed by atoms with van der Waals surface area (Å²) in [6, 6.07) is 19.1. The first-order chi connectivity index (χ1) is 18.9. The summed E-state index contributed by atoms with van der Waals surface area (Å²) >= 11 is 0. The van der Waals surface area contributed by atoms with Gasteiger partial charge in [-0.1, -0.05) is 30.3 Å². The molecular weight excluding hydrogens is 529 g/mol. The van der Waals surface area contributed by atoms with Crippen LogP contribution in [0.2, 0.25) is 0 Å². The Morgan fingerprint density at radius 1 is 1.15 bits per heavy atom. The highest BCUT2D eigenvalue weighted by molar-refractivity contribution is 5.98. The van der Waals surface area contributed by atoms with Crippen molar-refractivity contribution in [1.82, 2.24) is 15.2 Å². The molecule has 40 heavy (non-hydrogen) atoms. The van der Waals surface area contributed by atoms with Crippen LogP contribution in [0.4, 0.5) is 13.2 Å². The number of carboxylic acids is 1. The van der Waals surface area contributed by atoms with Gasteiger partial charge in [0.05, 0.1) is 23.5 Å². The molecule has 10 nitrogen and oxygen atoms in total. The highest BCUT2D eigenvalue weighted by atomic mass is 19.4. The third-order valence-corrected chi connectivity index (χ3v) is 5.28. The lowest BCUT2D eigenvalue weighted by Crippen LogP contribution is -2.47. The van der Waals surface area contributed by atoms with Gasteiger partial charge in [-0.2, -0.15) is 23.5 Å². The van der Waals surface area contributed by atoms with Crippen LogP contribution in [0, 0.1) is 11.3 Å². The molecule has 1 atom stereocenters. The van der Waals surface area contributed by atoms with E-state index in [2.05, 4.69) is 21.5 Å². The van der Waals surface area contributed by atoms with Crippen molar-refractivity contribution in [3.05, 3.63) is 89.2 Å². The van der Waals surface area contributed by atoms with Gasteiger partial charge in [-0.15, -0.1) is 0 Å². The standard InChI is InChI=1S/C25H24N6O2.C2HF3O2/c1-31(2)25(33)23(14-17-11-12-28-21(13-17)16-29-27)30-24(32)19-9-7-18(8-10-19)22-6-4-3-5-20(22)15-26;3-2(4,5)1(6)7/h3-13,16,23H,14,27H2,1-2H3,(H,30,32);(H,6,7)/t23-;/m0./s1. The summed E-state index contributed by atoms with van der Waals surface area (Å²) in [6.45, 7) is 0. The monoisotopic (exact) mass is 554 g/mol. The summed E-state index contributed by atoms with van der Waals surface area (Å²) in [4.78, 5) is 40.2. The average molecular weight is 555 g/mol. The number of nitrogens with zero attached hydrogens (tertiary/aromatic N) is 4. The minimum atomic E-state index is -5.08. The molecule has 0 bridgehead atoms. The highest BCUT2D eigenvalue weighted by Crippen LogP contribution is 2.23. The maximum Gasteiger partial charge on any atom is 0.490 e. The van der Waals surface area contributed by atoms with Crippen LogP contribution in [-0.2, 0) is 16.0 Å². The number of aliphatic carboxylic acids is 1. The Bertz CT molecular complexity index is 1420. The Morgan fingerprint density at radius 3 is 2.33 bits per heavy atom. The van der Waals surface area contributed by atoms with E-state index < -0.39 is 18.2 Å². The number of nitrogens with one attached hydrogen (secondary N) is 1. The number of amides is 2. The van der Waals surface area contributed by atoms with E-state index in [9.17, 15) is 28.0 Å². The second-order valence-corrected chi connectivity index (χ2v) is 8.37. The molecule has 3 aromatic rings. The summed E-state index contributed by atoms with van der Waals surface area (Å²) in [6.07, 6.45) is -1.79. The average Bonchev–Trinajstić information content (AvgIpc) is 2.92. The van der Waals surface area contributed by atoms with Crippen LogP contribution in [0.15, 0.2) is 72.0 Å². The second-order valence-electron chi connectivity index (χ2n) is 8.37. The number of nitriles is 1. The Balaban J connectivity index is 0.000000708. The zero-order valence-electron chi connectivity index (χ0n) is 21.4. The number of carbonyl (C=O) groups excluding carboxylic acids is 2. The zero-order chi connectivity index (χ0) is 29.9. The third kappa shape index (κ3) is 8.95. The molecule has 0 aliphatic heterocycles. The van der Waals surface area contributed by atoms with Crippen molar-refractivity contribution in [2.75, 3.05) is 14.1 Å². The molecule has 3 rings (SSSR count). The van der Waals surface area contributed by atoms with Crippen molar-refractivity contribution >= 4 is 24.0 Å². The molecule has 4 N–H and O–H groups in total. The van der Waals surface area contributed by atoms with Gasteiger partial charge in [0.1, 0.15) is 6.04 Å². The molecule has 0 spiro atoms. The molecule has 1 aromatic heterocycles. The van der Waals surface area contributed by atoms with Crippen LogP contribution >= 0.6 is 0 Å². The zero-order valence-corrected chi connectivity index (χ0v) is 21.4. The molecule has 0 aliphatic rings. The molecule has 0 aliphatic carbocycles. The Morgan fingerprint density at radius 2 is 1.77 bits per heavy atom. The lowest BCUT2D eigenvalue weighted by molar-refractivity contribution is -0.192. The van der Waals surface area contributed by atoms with E-state index in [1.165, 1.54) is 11.1 Å². The van der Waals surface area contributed by atoms with Crippen molar-refractivity contribution in [2.24, 2.45) is 10.9 Å². The van der Waals surface area contributed by atoms with E-state index >= 15 is 0 Å². The lowest BCUT2D eigenvalue weighted by Gasteiger charge is -2.22. The first-order valence-corrected chi connectivity index (χ1v) is 11.5. The van der Waals surface area contributed by atoms with E-state index in [-0.39, 0.29) is 18.2 Å². The molecule has 0 saturated carbocycles. The predicted octanol–water partition coefficient (Wildman–Crippen LogP) is 2.98. The lowest BCUT2D eigenvalue weighted by atomic mass is 9.99. The summed E-state index contributed by atoms with van der Waals surface area (Å²) in [5.74, 6) is 1.84. The Hall–Kier alpha value is -5.25. The molecular formula is C27H25F3N6O4. The molecule has 0 unspecified atom stereocenters. The van der Waals surface area contributed by atoms with Gasteiger partial charge < -0.3 is 21.2 Å². The highest BCUT2D eigenvalue weighted by Gasteiger charge is 2.38. The second kappa shape index (κ2) is 14.1. The van der Waals surface area contributed by atoms with E-state index in [1.54, 1.807) is 68.8 Å². The van der Waals surface area contributed by atoms with Gasteiger partial charge in [-0.05, 0) is 47.0 Å². The first kappa shape index (κ1) is 31.0. The molecule has 2 amide bonds. The van der Waals surface area contributed by atoms with E-state index in [4.69, 9.17) is 15.7 Å². The SMILES string of the molecule is CN(C)C(=O)[C@H](Cc1ccnc(C=NN)c1)NC(=O)c1ccc(-c2ccccc2C#N)cc1.O=C(O)C(F)(F)F. The quantitative estimate of drug-likeness (QED) is 0.230. The van der Waals surface area contributed by atoms with Crippen molar-refractivity contribution in [3.63, 3.8) is 0 Å². The van der Waals surface area contributed by atoms with Gasteiger partial charge in [0.2, 0.25) is 5.91 Å². The number of rotatable bonds is 7. The van der Waals surface area contributed by atoms with E-state index in [0.717, 1.165) is 16.7 Å². The third-order valence-electron chi connectivity index (χ3n) is 5.28. The molecule has 0 fully saturated rings. The van der Waals surface area contributed by atoms with Crippen LogP contribution in [0.3, 0.4) is 0 Å². The minimum absolute atomic E-state index is 0.228. The smallest absolute Gasteiger partial charge is 0.475 e. The van der Waals surface area contributed by atoms with Gasteiger partial charge in [0.15, 0.2) is 0 Å². The number of hydrogen-bond acceptors (Lipinski definition) is 7. The molecule has 0 radical (unpaired) electrons.